The predicted octanol–water partition coefficient (Wildman–Crippen LogP) is 1.37. The van der Waals surface area contributed by atoms with E-state index in [1.807, 2.05) is 0 Å². The first-order valence-corrected chi connectivity index (χ1v) is 7.75. The van der Waals surface area contributed by atoms with E-state index in [-0.39, 0.29) is 5.56 Å². The van der Waals surface area contributed by atoms with E-state index in [9.17, 15) is 19.1 Å². The molecule has 3 rings (SSSR count). The van der Waals surface area contributed by atoms with E-state index in [0.29, 0.717) is 6.42 Å². The van der Waals surface area contributed by atoms with Crippen molar-refractivity contribution >= 4 is 18.2 Å². The Morgan fingerprint density at radius 2 is 2.12 bits per heavy atom. The average molecular weight is 335 g/mol. The highest BCUT2D eigenvalue weighted by Crippen LogP contribution is 2.36. The Morgan fingerprint density at radius 3 is 2.79 bits per heavy atom. The van der Waals surface area contributed by atoms with E-state index in [1.54, 1.807) is 24.4 Å². The third-order valence-electron chi connectivity index (χ3n) is 4.32. The number of nitrogens with zero attached hydrogens (tertiary/aromatic N) is 1. The van der Waals surface area contributed by atoms with Gasteiger partial charge in [0.1, 0.15) is 12.1 Å². The number of ether oxygens (including phenoxy) is 2. The Hall–Kier alpha value is -2.28. The maximum atomic E-state index is 14.7. The maximum Gasteiger partial charge on any atom is 0.312 e. The lowest BCUT2D eigenvalue weighted by atomic mass is 9.86. The van der Waals surface area contributed by atoms with Gasteiger partial charge in [-0.2, -0.15) is 0 Å². The van der Waals surface area contributed by atoms with Crippen LogP contribution in [0.4, 0.5) is 4.39 Å². The van der Waals surface area contributed by atoms with E-state index >= 15 is 0 Å². The van der Waals surface area contributed by atoms with Crippen molar-refractivity contribution in [3.63, 3.8) is 0 Å². The Balaban J connectivity index is 1.86. The fraction of sp³-hybridized carbons (Fsp3) is 0.471. The van der Waals surface area contributed by atoms with E-state index in [0.717, 1.165) is 0 Å². The van der Waals surface area contributed by atoms with Crippen LogP contribution >= 0.6 is 0 Å². The molecule has 2 heterocycles. The fourth-order valence-corrected chi connectivity index (χ4v) is 3.16. The molecule has 24 heavy (non-hydrogen) atoms. The average Bonchev–Trinajstić information content (AvgIpc) is 3.07. The summed E-state index contributed by atoms with van der Waals surface area (Å²) in [5.74, 6) is -1.73. The molecule has 2 aliphatic rings. The zero-order valence-electron chi connectivity index (χ0n) is 13.0. The lowest BCUT2D eigenvalue weighted by Gasteiger charge is -2.39. The van der Waals surface area contributed by atoms with Crippen LogP contribution in [0.15, 0.2) is 35.3 Å². The van der Waals surface area contributed by atoms with Gasteiger partial charge >= 0.3 is 11.9 Å². The summed E-state index contributed by atoms with van der Waals surface area (Å²) in [4.78, 5) is 27.7. The molecule has 1 aromatic carbocycles. The Morgan fingerprint density at radius 1 is 1.42 bits per heavy atom. The largest absolute Gasteiger partial charge is 0.456 e. The number of hydrogen-bond donors (Lipinski definition) is 1. The number of benzene rings is 1. The number of alkyl halides is 1. The molecule has 1 saturated heterocycles. The van der Waals surface area contributed by atoms with Gasteiger partial charge in [0.15, 0.2) is 18.4 Å². The number of aliphatic hydroxyl groups excluding tert-OH is 1. The highest BCUT2D eigenvalue weighted by atomic mass is 19.1. The highest BCUT2D eigenvalue weighted by molar-refractivity contribution is 5.81. The molecule has 2 aliphatic heterocycles. The van der Waals surface area contributed by atoms with Crippen molar-refractivity contribution in [1.82, 2.24) is 0 Å². The smallest absolute Gasteiger partial charge is 0.312 e. The minimum absolute atomic E-state index is 0.250. The van der Waals surface area contributed by atoms with Crippen molar-refractivity contribution < 1.29 is 28.6 Å². The molecule has 128 valence electrons. The maximum absolute atomic E-state index is 14.7. The van der Waals surface area contributed by atoms with Gasteiger partial charge in [-0.1, -0.05) is 30.3 Å². The van der Waals surface area contributed by atoms with Gasteiger partial charge in [-0.15, -0.1) is 0 Å². The summed E-state index contributed by atoms with van der Waals surface area (Å²) in [6.45, 7) is 1.21. The number of cyclic esters (lactones) is 1. The van der Waals surface area contributed by atoms with Crippen LogP contribution in [0.1, 0.15) is 25.1 Å². The molecule has 0 radical (unpaired) electrons. The number of esters is 2. The summed E-state index contributed by atoms with van der Waals surface area (Å²) in [5.41, 5.74) is 0.250. The lowest BCUT2D eigenvalue weighted by Crippen LogP contribution is -2.57. The molecule has 0 bridgehead atoms. The first-order valence-electron chi connectivity index (χ1n) is 7.75. The van der Waals surface area contributed by atoms with Crippen molar-refractivity contribution in [2.75, 3.05) is 0 Å². The minimum Gasteiger partial charge on any atom is -0.456 e. The van der Waals surface area contributed by atoms with Crippen molar-refractivity contribution in [2.45, 2.75) is 43.9 Å². The minimum atomic E-state index is -1.79. The topological polar surface area (TPSA) is 85.2 Å². The number of carbonyl (C=O) groups excluding carboxylic acids is 2. The Bertz CT molecular complexity index is 650. The van der Waals surface area contributed by atoms with Crippen LogP contribution in [0, 0.1) is 5.92 Å². The van der Waals surface area contributed by atoms with Crippen LogP contribution in [0.3, 0.4) is 0 Å². The number of fused-ring (bicyclic) bond motifs is 1. The summed E-state index contributed by atoms with van der Waals surface area (Å²) >= 11 is 0. The van der Waals surface area contributed by atoms with Gasteiger partial charge in [0, 0.05) is 13.1 Å². The molecular formula is C17H18FNO5. The normalized spacial score (nSPS) is 31.0. The zero-order chi connectivity index (χ0) is 17.3. The van der Waals surface area contributed by atoms with Crippen LogP contribution in [0.5, 0.6) is 0 Å². The number of hydrogen-bond acceptors (Lipinski definition) is 6. The van der Waals surface area contributed by atoms with Crippen LogP contribution in [-0.4, -0.2) is 47.6 Å². The molecule has 6 nitrogen and oxygen atoms in total. The fourth-order valence-electron chi connectivity index (χ4n) is 3.16. The van der Waals surface area contributed by atoms with Gasteiger partial charge in [-0.05, 0) is 12.0 Å². The molecule has 0 aliphatic carbocycles. The summed E-state index contributed by atoms with van der Waals surface area (Å²) in [6.07, 6.45) is -3.84. The van der Waals surface area contributed by atoms with E-state index in [1.165, 1.54) is 19.1 Å². The van der Waals surface area contributed by atoms with Crippen LogP contribution in [-0.2, 0) is 19.1 Å². The van der Waals surface area contributed by atoms with Crippen molar-refractivity contribution in [1.29, 1.82) is 0 Å². The van der Waals surface area contributed by atoms with E-state index < -0.39 is 48.4 Å². The standard InChI is InChI=1S/C17H18FNO5/c1-9(20)23-15-13-11(7-8-19-13)17(22)24-16(15)14(21)12(18)10-5-3-2-4-6-10/h2-6,8,11-16,21H,7H2,1H3/t11?,12?,13?,14?,15?,16-/m0/s1. The molecule has 0 spiro atoms. The van der Waals surface area contributed by atoms with Crippen molar-refractivity contribution in [2.24, 2.45) is 10.9 Å². The van der Waals surface area contributed by atoms with Gasteiger partial charge in [0.05, 0.1) is 5.92 Å². The highest BCUT2D eigenvalue weighted by Gasteiger charge is 2.53. The van der Waals surface area contributed by atoms with Crippen LogP contribution in [0.25, 0.3) is 0 Å². The summed E-state index contributed by atoms with van der Waals surface area (Å²) in [5, 5.41) is 10.4. The predicted molar refractivity (Wildman–Crippen MR) is 82.1 cm³/mol. The first kappa shape index (κ1) is 16.6. The molecule has 7 heteroatoms. The molecule has 0 amide bonds. The molecule has 6 atom stereocenters. The monoisotopic (exact) mass is 335 g/mol. The second kappa shape index (κ2) is 6.68. The molecule has 1 N–H and O–H groups in total. The van der Waals surface area contributed by atoms with Gasteiger partial charge in [-0.3, -0.25) is 14.6 Å². The van der Waals surface area contributed by atoms with Crippen LogP contribution < -0.4 is 0 Å². The number of aliphatic imine (C=N–C) groups is 1. The summed E-state index contributed by atoms with van der Waals surface area (Å²) in [7, 11) is 0. The van der Waals surface area contributed by atoms with Gasteiger partial charge in [-0.25, -0.2) is 4.39 Å². The SMILES string of the molecule is CC(=O)OC1C2N=CCC2C(=O)O[C@H]1C(O)C(F)c1ccccc1. The molecule has 1 aromatic rings. The molecule has 0 aromatic heterocycles. The van der Waals surface area contributed by atoms with Gasteiger partial charge in [0.2, 0.25) is 0 Å². The number of halogens is 1. The number of aliphatic hydroxyl groups is 1. The third-order valence-corrected chi connectivity index (χ3v) is 4.32. The van der Waals surface area contributed by atoms with E-state index in [2.05, 4.69) is 4.99 Å². The molecule has 0 saturated carbocycles. The number of rotatable bonds is 4. The zero-order valence-corrected chi connectivity index (χ0v) is 13.0. The molecular weight excluding hydrogens is 317 g/mol. The lowest BCUT2D eigenvalue weighted by molar-refractivity contribution is -0.200. The van der Waals surface area contributed by atoms with Crippen molar-refractivity contribution in [3.8, 4) is 0 Å². The quantitative estimate of drug-likeness (QED) is 0.840. The second-order valence-corrected chi connectivity index (χ2v) is 5.94. The third kappa shape index (κ3) is 3.03. The van der Waals surface area contributed by atoms with Crippen molar-refractivity contribution in [3.05, 3.63) is 35.9 Å². The second-order valence-electron chi connectivity index (χ2n) is 5.94. The van der Waals surface area contributed by atoms with Gasteiger partial charge < -0.3 is 14.6 Å². The molecule has 1 fully saturated rings. The van der Waals surface area contributed by atoms with Gasteiger partial charge in [0.25, 0.3) is 0 Å². The number of carbonyl (C=O) groups is 2. The Labute approximate surface area is 138 Å². The van der Waals surface area contributed by atoms with E-state index in [4.69, 9.17) is 9.47 Å². The summed E-state index contributed by atoms with van der Waals surface area (Å²) < 4.78 is 25.1. The van der Waals surface area contributed by atoms with Crippen LogP contribution in [0.2, 0.25) is 0 Å². The molecule has 5 unspecified atom stereocenters. The Kier molecular flexibility index (Phi) is 4.62. The summed E-state index contributed by atoms with van der Waals surface area (Å²) in [6, 6.07) is 7.40. The first-order chi connectivity index (χ1) is 11.5.